The molecule has 0 spiro atoms. The summed E-state index contributed by atoms with van der Waals surface area (Å²) in [4.78, 5) is 2.66. The summed E-state index contributed by atoms with van der Waals surface area (Å²) < 4.78 is 0. The quantitative estimate of drug-likeness (QED) is 0.581. The van der Waals surface area contributed by atoms with Crippen molar-refractivity contribution in [3.05, 3.63) is 12.7 Å². The first-order valence-corrected chi connectivity index (χ1v) is 7.79. The van der Waals surface area contributed by atoms with Crippen molar-refractivity contribution in [3.8, 4) is 0 Å². The monoisotopic (exact) mass is 256 g/mol. The normalized spacial score (nSPS) is 25.1. The van der Waals surface area contributed by atoms with Crippen LogP contribution >= 0.6 is 11.8 Å². The van der Waals surface area contributed by atoms with Gasteiger partial charge in [0, 0.05) is 42.7 Å². The van der Waals surface area contributed by atoms with Crippen molar-refractivity contribution in [2.75, 3.05) is 31.1 Å². The predicted octanol–water partition coefficient (Wildman–Crippen LogP) is 2.61. The number of rotatable bonds is 6. The van der Waals surface area contributed by atoms with Crippen LogP contribution in [0.5, 0.6) is 0 Å². The summed E-state index contributed by atoms with van der Waals surface area (Å²) in [6.07, 6.45) is 1.99. The van der Waals surface area contributed by atoms with Crippen LogP contribution in [-0.2, 0) is 0 Å². The average molecular weight is 256 g/mol. The second-order valence-electron chi connectivity index (χ2n) is 5.91. The number of thioether (sulfide) groups is 1. The molecule has 1 fully saturated rings. The molecule has 1 aliphatic heterocycles. The molecule has 0 bridgehead atoms. The SMILES string of the molecule is C=CCSCCN1CC(C)(C)NCC1C(C)C. The molecular formula is C14H28N2S. The van der Waals surface area contributed by atoms with E-state index in [1.54, 1.807) is 0 Å². The smallest absolute Gasteiger partial charge is 0.0252 e. The Hall–Kier alpha value is 0.01000. The Bertz CT molecular complexity index is 238. The number of hydrogen-bond donors (Lipinski definition) is 1. The Kier molecular flexibility index (Phi) is 6.04. The maximum absolute atomic E-state index is 3.77. The Morgan fingerprint density at radius 3 is 2.82 bits per heavy atom. The summed E-state index contributed by atoms with van der Waals surface area (Å²) in [5.41, 5.74) is 0.258. The minimum Gasteiger partial charge on any atom is -0.309 e. The maximum atomic E-state index is 3.77. The second kappa shape index (κ2) is 6.81. The largest absolute Gasteiger partial charge is 0.309 e. The molecule has 17 heavy (non-hydrogen) atoms. The highest BCUT2D eigenvalue weighted by Crippen LogP contribution is 2.20. The number of nitrogens with zero attached hydrogens (tertiary/aromatic N) is 1. The van der Waals surface area contributed by atoms with Crippen LogP contribution in [0.1, 0.15) is 27.7 Å². The van der Waals surface area contributed by atoms with Crippen molar-refractivity contribution < 1.29 is 0 Å². The predicted molar refractivity (Wildman–Crippen MR) is 79.8 cm³/mol. The van der Waals surface area contributed by atoms with Crippen LogP contribution < -0.4 is 5.32 Å². The first-order valence-electron chi connectivity index (χ1n) is 6.64. The molecule has 1 heterocycles. The van der Waals surface area contributed by atoms with Crippen LogP contribution in [0.3, 0.4) is 0 Å². The van der Waals surface area contributed by atoms with E-state index >= 15 is 0 Å². The summed E-state index contributed by atoms with van der Waals surface area (Å²) in [6.45, 7) is 16.5. The van der Waals surface area contributed by atoms with Gasteiger partial charge in [0.15, 0.2) is 0 Å². The molecule has 0 aromatic rings. The van der Waals surface area contributed by atoms with Crippen molar-refractivity contribution in [2.45, 2.75) is 39.3 Å². The van der Waals surface area contributed by atoms with Crippen LogP contribution in [0.2, 0.25) is 0 Å². The molecule has 0 saturated carbocycles. The van der Waals surface area contributed by atoms with E-state index < -0.39 is 0 Å². The Morgan fingerprint density at radius 2 is 2.24 bits per heavy atom. The fraction of sp³-hybridized carbons (Fsp3) is 0.857. The summed E-state index contributed by atoms with van der Waals surface area (Å²) in [5.74, 6) is 3.01. The highest BCUT2D eigenvalue weighted by molar-refractivity contribution is 7.99. The molecule has 100 valence electrons. The van der Waals surface area contributed by atoms with Crippen LogP contribution in [0.4, 0.5) is 0 Å². The van der Waals surface area contributed by atoms with Crippen molar-refractivity contribution >= 4 is 11.8 Å². The standard InChI is InChI=1S/C14H28N2S/c1-6-8-17-9-7-16-11-14(4,5)15-10-13(16)12(2)3/h6,12-13,15H,1,7-11H2,2-5H3. The first-order chi connectivity index (χ1) is 7.96. The van der Waals surface area contributed by atoms with Gasteiger partial charge in [0.2, 0.25) is 0 Å². The fourth-order valence-electron chi connectivity index (χ4n) is 2.44. The van der Waals surface area contributed by atoms with Gasteiger partial charge in [-0.1, -0.05) is 19.9 Å². The summed E-state index contributed by atoms with van der Waals surface area (Å²) in [7, 11) is 0. The van der Waals surface area contributed by atoms with E-state index in [0.717, 1.165) is 24.8 Å². The zero-order chi connectivity index (χ0) is 12.9. The van der Waals surface area contributed by atoms with E-state index in [9.17, 15) is 0 Å². The number of hydrogen-bond acceptors (Lipinski definition) is 3. The summed E-state index contributed by atoms with van der Waals surface area (Å²) >= 11 is 1.98. The maximum Gasteiger partial charge on any atom is 0.0252 e. The lowest BCUT2D eigenvalue weighted by Crippen LogP contribution is -2.63. The Morgan fingerprint density at radius 1 is 1.53 bits per heavy atom. The third kappa shape index (κ3) is 5.02. The molecule has 1 unspecified atom stereocenters. The van der Waals surface area contributed by atoms with Crippen molar-refractivity contribution in [1.82, 2.24) is 10.2 Å². The van der Waals surface area contributed by atoms with E-state index in [2.05, 4.69) is 44.5 Å². The lowest BCUT2D eigenvalue weighted by atomic mass is 9.93. The Balaban J connectivity index is 2.46. The third-order valence-corrected chi connectivity index (χ3v) is 4.33. The molecule has 0 aromatic heterocycles. The molecule has 0 radical (unpaired) electrons. The highest BCUT2D eigenvalue weighted by Gasteiger charge is 2.33. The van der Waals surface area contributed by atoms with Crippen LogP contribution in [0, 0.1) is 5.92 Å². The van der Waals surface area contributed by atoms with Gasteiger partial charge in [0.25, 0.3) is 0 Å². The minimum absolute atomic E-state index is 0.258. The lowest BCUT2D eigenvalue weighted by Gasteiger charge is -2.46. The van der Waals surface area contributed by atoms with Crippen LogP contribution in [0.15, 0.2) is 12.7 Å². The Labute approximate surface area is 111 Å². The van der Waals surface area contributed by atoms with Gasteiger partial charge < -0.3 is 5.32 Å². The van der Waals surface area contributed by atoms with Gasteiger partial charge in [-0.15, -0.1) is 6.58 Å². The number of nitrogens with one attached hydrogen (secondary N) is 1. The first kappa shape index (κ1) is 15.1. The van der Waals surface area contributed by atoms with Gasteiger partial charge in [0.05, 0.1) is 0 Å². The lowest BCUT2D eigenvalue weighted by molar-refractivity contribution is 0.0756. The number of piperazine rings is 1. The summed E-state index contributed by atoms with van der Waals surface area (Å²) in [5, 5.41) is 3.66. The van der Waals surface area contributed by atoms with Crippen molar-refractivity contribution in [1.29, 1.82) is 0 Å². The van der Waals surface area contributed by atoms with Crippen LogP contribution in [0.25, 0.3) is 0 Å². The van der Waals surface area contributed by atoms with Gasteiger partial charge in [-0.25, -0.2) is 0 Å². The van der Waals surface area contributed by atoms with Gasteiger partial charge in [-0.05, 0) is 19.8 Å². The molecule has 0 amide bonds. The molecule has 0 aromatic carbocycles. The van der Waals surface area contributed by atoms with Crippen molar-refractivity contribution in [2.24, 2.45) is 5.92 Å². The van der Waals surface area contributed by atoms with Gasteiger partial charge in [0.1, 0.15) is 0 Å². The second-order valence-corrected chi connectivity index (χ2v) is 7.06. The zero-order valence-corrected chi connectivity index (χ0v) is 12.6. The van der Waals surface area contributed by atoms with E-state index in [-0.39, 0.29) is 5.54 Å². The molecule has 1 aliphatic rings. The molecule has 1 rings (SSSR count). The molecule has 1 atom stereocenters. The molecule has 1 N–H and O–H groups in total. The van der Waals surface area contributed by atoms with E-state index in [1.165, 1.54) is 12.3 Å². The highest BCUT2D eigenvalue weighted by atomic mass is 32.2. The topological polar surface area (TPSA) is 15.3 Å². The molecule has 2 nitrogen and oxygen atoms in total. The average Bonchev–Trinajstić information content (AvgIpc) is 2.23. The van der Waals surface area contributed by atoms with Gasteiger partial charge >= 0.3 is 0 Å². The molecule has 0 aliphatic carbocycles. The minimum atomic E-state index is 0.258. The molecule has 1 saturated heterocycles. The fourth-order valence-corrected chi connectivity index (χ4v) is 3.14. The van der Waals surface area contributed by atoms with Crippen LogP contribution in [-0.4, -0.2) is 47.6 Å². The van der Waals surface area contributed by atoms with Crippen molar-refractivity contribution in [3.63, 3.8) is 0 Å². The third-order valence-electron chi connectivity index (χ3n) is 3.39. The van der Waals surface area contributed by atoms with Gasteiger partial charge in [-0.2, -0.15) is 11.8 Å². The molecule has 3 heteroatoms. The molecular weight excluding hydrogens is 228 g/mol. The van der Waals surface area contributed by atoms with E-state index in [4.69, 9.17) is 0 Å². The van der Waals surface area contributed by atoms with Gasteiger partial charge in [-0.3, -0.25) is 4.90 Å². The summed E-state index contributed by atoms with van der Waals surface area (Å²) in [6, 6.07) is 0.687. The van der Waals surface area contributed by atoms with E-state index in [1.807, 2.05) is 17.8 Å². The van der Waals surface area contributed by atoms with E-state index in [0.29, 0.717) is 6.04 Å². The zero-order valence-electron chi connectivity index (χ0n) is 11.8.